The van der Waals surface area contributed by atoms with Crippen molar-refractivity contribution in [1.29, 1.82) is 0 Å². The molecule has 1 aliphatic rings. The monoisotopic (exact) mass is 395 g/mol. The Hall–Kier alpha value is -2.70. The zero-order valence-corrected chi connectivity index (χ0v) is 16.4. The lowest BCUT2D eigenvalue weighted by Crippen LogP contribution is -2.28. The van der Waals surface area contributed by atoms with Gasteiger partial charge in [-0.25, -0.2) is 15.0 Å². The quantitative estimate of drug-likeness (QED) is 0.644. The van der Waals surface area contributed by atoms with Gasteiger partial charge in [0.15, 0.2) is 0 Å². The average Bonchev–Trinajstić information content (AvgIpc) is 2.72. The Labute approximate surface area is 169 Å². The van der Waals surface area contributed by atoms with Crippen molar-refractivity contribution in [1.82, 2.24) is 15.0 Å². The molecular formula is C21H22ClN5O. The van der Waals surface area contributed by atoms with Gasteiger partial charge in [0.2, 0.25) is 5.95 Å². The van der Waals surface area contributed by atoms with Crippen LogP contribution < -0.4 is 10.6 Å². The molecule has 2 aromatic heterocycles. The van der Waals surface area contributed by atoms with Crippen LogP contribution in [0.5, 0.6) is 0 Å². The van der Waals surface area contributed by atoms with Crippen LogP contribution in [0.4, 0.5) is 17.5 Å². The summed E-state index contributed by atoms with van der Waals surface area (Å²) in [5.41, 5.74) is 3.72. The van der Waals surface area contributed by atoms with Gasteiger partial charge in [-0.2, -0.15) is 0 Å². The van der Waals surface area contributed by atoms with E-state index in [9.17, 15) is 0 Å². The molecule has 7 heteroatoms. The summed E-state index contributed by atoms with van der Waals surface area (Å²) >= 11 is 6.32. The second-order valence-corrected chi connectivity index (χ2v) is 7.19. The zero-order chi connectivity index (χ0) is 19.3. The number of halogens is 1. The highest BCUT2D eigenvalue weighted by atomic mass is 35.5. The van der Waals surface area contributed by atoms with E-state index in [-0.39, 0.29) is 0 Å². The summed E-state index contributed by atoms with van der Waals surface area (Å²) in [6.45, 7) is 3.56. The highest BCUT2D eigenvalue weighted by Crippen LogP contribution is 2.29. The van der Waals surface area contributed by atoms with E-state index >= 15 is 0 Å². The lowest BCUT2D eigenvalue weighted by Gasteiger charge is -2.23. The van der Waals surface area contributed by atoms with Gasteiger partial charge in [-0.15, -0.1) is 0 Å². The van der Waals surface area contributed by atoms with Crippen molar-refractivity contribution in [2.45, 2.75) is 25.8 Å². The van der Waals surface area contributed by atoms with Gasteiger partial charge in [0.05, 0.1) is 16.4 Å². The number of benzene rings is 1. The van der Waals surface area contributed by atoms with Crippen molar-refractivity contribution in [3.63, 3.8) is 0 Å². The van der Waals surface area contributed by atoms with E-state index < -0.39 is 0 Å². The highest BCUT2D eigenvalue weighted by Gasteiger charge is 2.15. The molecule has 3 heterocycles. The summed E-state index contributed by atoms with van der Waals surface area (Å²) in [7, 11) is 0. The van der Waals surface area contributed by atoms with Gasteiger partial charge in [0.1, 0.15) is 5.82 Å². The SMILES string of the molecule is Cc1cccc(Cl)c1Nc1cc(-c2ccnc(NC3CCOCC3)n2)ccn1. The number of nitrogens with one attached hydrogen (secondary N) is 2. The fourth-order valence-electron chi connectivity index (χ4n) is 3.19. The largest absolute Gasteiger partial charge is 0.381 e. The standard InChI is InChI=1S/C21H22ClN5O/c1-14-3-2-4-17(22)20(14)27-19-13-15(5-9-23-19)18-6-10-24-21(26-18)25-16-7-11-28-12-8-16/h2-6,9-10,13,16H,7-8,11-12H2,1H3,(H,23,27)(H,24,25,26). The van der Waals surface area contributed by atoms with E-state index in [4.69, 9.17) is 16.3 Å². The maximum atomic E-state index is 6.32. The third-order valence-corrected chi connectivity index (χ3v) is 5.06. The van der Waals surface area contributed by atoms with Crippen molar-refractivity contribution >= 4 is 29.1 Å². The molecule has 0 unspecified atom stereocenters. The number of para-hydroxylation sites is 1. The minimum Gasteiger partial charge on any atom is -0.381 e. The lowest BCUT2D eigenvalue weighted by atomic mass is 10.1. The molecule has 1 aliphatic heterocycles. The molecule has 1 saturated heterocycles. The number of hydrogen-bond donors (Lipinski definition) is 2. The van der Waals surface area contributed by atoms with Crippen LogP contribution in [0.2, 0.25) is 5.02 Å². The lowest BCUT2D eigenvalue weighted by molar-refractivity contribution is 0.0903. The highest BCUT2D eigenvalue weighted by molar-refractivity contribution is 6.33. The molecule has 0 aliphatic carbocycles. The predicted molar refractivity (Wildman–Crippen MR) is 112 cm³/mol. The predicted octanol–water partition coefficient (Wildman–Crippen LogP) is 4.83. The second kappa shape index (κ2) is 8.54. The number of hydrogen-bond acceptors (Lipinski definition) is 6. The van der Waals surface area contributed by atoms with Gasteiger partial charge >= 0.3 is 0 Å². The third kappa shape index (κ3) is 4.40. The number of anilines is 3. The van der Waals surface area contributed by atoms with E-state index in [1.54, 1.807) is 12.4 Å². The van der Waals surface area contributed by atoms with Crippen molar-refractivity contribution < 1.29 is 4.74 Å². The molecule has 28 heavy (non-hydrogen) atoms. The van der Waals surface area contributed by atoms with Gasteiger partial charge in [0.25, 0.3) is 0 Å². The van der Waals surface area contributed by atoms with Gasteiger partial charge < -0.3 is 15.4 Å². The Bertz CT molecular complexity index is 939. The molecule has 3 aromatic rings. The molecule has 144 valence electrons. The molecule has 1 aromatic carbocycles. The molecule has 2 N–H and O–H groups in total. The number of pyridine rings is 1. The van der Waals surface area contributed by atoms with Crippen molar-refractivity contribution in [3.8, 4) is 11.3 Å². The Morgan fingerprint density at radius 2 is 1.89 bits per heavy atom. The second-order valence-electron chi connectivity index (χ2n) is 6.78. The number of rotatable bonds is 5. The summed E-state index contributed by atoms with van der Waals surface area (Å²) < 4.78 is 5.41. The summed E-state index contributed by atoms with van der Waals surface area (Å²) in [4.78, 5) is 13.5. The minimum absolute atomic E-state index is 0.349. The molecular weight excluding hydrogens is 374 g/mol. The topological polar surface area (TPSA) is 72.0 Å². The Morgan fingerprint density at radius 3 is 2.71 bits per heavy atom. The Morgan fingerprint density at radius 1 is 1.07 bits per heavy atom. The van der Waals surface area contributed by atoms with Crippen LogP contribution in [0.3, 0.4) is 0 Å². The zero-order valence-electron chi connectivity index (χ0n) is 15.7. The number of nitrogens with zero attached hydrogens (tertiary/aromatic N) is 3. The molecule has 0 radical (unpaired) electrons. The van der Waals surface area contributed by atoms with E-state index in [0.29, 0.717) is 22.8 Å². The Kier molecular flexibility index (Phi) is 5.69. The normalized spacial score (nSPS) is 14.6. The molecule has 0 atom stereocenters. The van der Waals surface area contributed by atoms with Crippen LogP contribution >= 0.6 is 11.6 Å². The maximum absolute atomic E-state index is 6.32. The first-order valence-electron chi connectivity index (χ1n) is 9.35. The van der Waals surface area contributed by atoms with Crippen LogP contribution in [0.15, 0.2) is 48.8 Å². The molecule has 4 rings (SSSR count). The molecule has 6 nitrogen and oxygen atoms in total. The van der Waals surface area contributed by atoms with E-state index in [1.165, 1.54) is 0 Å². The molecule has 0 saturated carbocycles. The van der Waals surface area contributed by atoms with E-state index in [1.807, 2.05) is 43.3 Å². The summed E-state index contributed by atoms with van der Waals surface area (Å²) in [6, 6.07) is 11.9. The molecule has 0 spiro atoms. The Balaban J connectivity index is 1.55. The summed E-state index contributed by atoms with van der Waals surface area (Å²) in [5.74, 6) is 1.35. The van der Waals surface area contributed by atoms with Crippen molar-refractivity contribution in [3.05, 3.63) is 59.4 Å². The first-order chi connectivity index (χ1) is 13.7. The van der Waals surface area contributed by atoms with Crippen molar-refractivity contribution in [2.75, 3.05) is 23.8 Å². The van der Waals surface area contributed by atoms with Crippen LogP contribution in [-0.2, 0) is 4.74 Å². The van der Waals surface area contributed by atoms with E-state index in [0.717, 1.165) is 48.6 Å². The van der Waals surface area contributed by atoms with Gasteiger partial charge in [0, 0.05) is 37.2 Å². The van der Waals surface area contributed by atoms with Crippen LogP contribution in [0.1, 0.15) is 18.4 Å². The fraction of sp³-hybridized carbons (Fsp3) is 0.286. The van der Waals surface area contributed by atoms with Crippen molar-refractivity contribution in [2.24, 2.45) is 0 Å². The number of aryl methyl sites for hydroxylation is 1. The summed E-state index contributed by atoms with van der Waals surface area (Å²) in [6.07, 6.45) is 5.47. The van der Waals surface area contributed by atoms with Gasteiger partial charge in [-0.05, 0) is 49.6 Å². The smallest absolute Gasteiger partial charge is 0.223 e. The van der Waals surface area contributed by atoms with Crippen LogP contribution in [-0.4, -0.2) is 34.2 Å². The minimum atomic E-state index is 0.349. The van der Waals surface area contributed by atoms with Crippen LogP contribution in [0.25, 0.3) is 11.3 Å². The first-order valence-corrected chi connectivity index (χ1v) is 9.73. The average molecular weight is 396 g/mol. The van der Waals surface area contributed by atoms with E-state index in [2.05, 4.69) is 25.6 Å². The van der Waals surface area contributed by atoms with Crippen LogP contribution in [0, 0.1) is 6.92 Å². The number of ether oxygens (including phenoxy) is 1. The molecule has 0 bridgehead atoms. The van der Waals surface area contributed by atoms with Gasteiger partial charge in [-0.3, -0.25) is 0 Å². The molecule has 1 fully saturated rings. The first kappa shape index (κ1) is 18.7. The van der Waals surface area contributed by atoms with Gasteiger partial charge in [-0.1, -0.05) is 23.7 Å². The third-order valence-electron chi connectivity index (χ3n) is 4.74. The fourth-order valence-corrected chi connectivity index (χ4v) is 3.46. The maximum Gasteiger partial charge on any atom is 0.223 e. The number of aromatic nitrogens is 3. The molecule has 0 amide bonds. The summed E-state index contributed by atoms with van der Waals surface area (Å²) in [5, 5.41) is 7.39.